The molecule has 1 aromatic rings. The molecule has 0 amide bonds. The lowest BCUT2D eigenvalue weighted by Crippen LogP contribution is -2.23. The van der Waals surface area contributed by atoms with Gasteiger partial charge in [0, 0.05) is 25.3 Å². The van der Waals surface area contributed by atoms with E-state index in [1.807, 2.05) is 0 Å². The maximum Gasteiger partial charge on any atom is 0.0369 e. The highest BCUT2D eigenvalue weighted by Gasteiger charge is 2.29. The molecule has 1 N–H and O–H groups in total. The first kappa shape index (κ1) is 14.4. The molecular weight excluding hydrogens is 232 g/mol. The first-order valence-electron chi connectivity index (χ1n) is 7.57. The van der Waals surface area contributed by atoms with Gasteiger partial charge in [-0.15, -0.1) is 0 Å². The van der Waals surface area contributed by atoms with Crippen molar-refractivity contribution in [2.45, 2.75) is 47.1 Å². The molecule has 0 aromatic heterocycles. The van der Waals surface area contributed by atoms with Gasteiger partial charge in [-0.25, -0.2) is 0 Å². The number of rotatable bonds is 5. The SMILES string of the molecule is CCCNCc1ccc(N2CCC(C)(C)C2)cc1C. The van der Waals surface area contributed by atoms with Gasteiger partial charge in [-0.2, -0.15) is 0 Å². The van der Waals surface area contributed by atoms with Crippen molar-refractivity contribution in [2.24, 2.45) is 5.41 Å². The molecule has 1 heterocycles. The van der Waals surface area contributed by atoms with Crippen LogP contribution in [0, 0.1) is 12.3 Å². The fourth-order valence-electron chi connectivity index (χ4n) is 2.81. The molecule has 0 bridgehead atoms. The van der Waals surface area contributed by atoms with Gasteiger partial charge < -0.3 is 10.2 Å². The van der Waals surface area contributed by atoms with Gasteiger partial charge in [0.15, 0.2) is 0 Å². The summed E-state index contributed by atoms with van der Waals surface area (Å²) in [6.07, 6.45) is 2.49. The second-order valence-electron chi connectivity index (χ2n) is 6.62. The van der Waals surface area contributed by atoms with Crippen LogP contribution in [0.2, 0.25) is 0 Å². The summed E-state index contributed by atoms with van der Waals surface area (Å²) in [6.45, 7) is 13.6. The molecule has 0 unspecified atom stereocenters. The molecule has 0 saturated carbocycles. The zero-order chi connectivity index (χ0) is 13.9. The molecular formula is C17H28N2. The third-order valence-electron chi connectivity index (χ3n) is 4.11. The smallest absolute Gasteiger partial charge is 0.0369 e. The minimum absolute atomic E-state index is 0.468. The Kier molecular flexibility index (Phi) is 4.51. The van der Waals surface area contributed by atoms with E-state index in [1.54, 1.807) is 0 Å². The highest BCUT2D eigenvalue weighted by Crippen LogP contribution is 2.33. The molecule has 2 rings (SSSR count). The van der Waals surface area contributed by atoms with Crippen molar-refractivity contribution in [2.75, 3.05) is 24.5 Å². The molecule has 0 aliphatic carbocycles. The molecule has 2 nitrogen and oxygen atoms in total. The summed E-state index contributed by atoms with van der Waals surface area (Å²) in [5.41, 5.74) is 4.69. The van der Waals surface area contributed by atoms with E-state index in [0.717, 1.165) is 13.1 Å². The van der Waals surface area contributed by atoms with Crippen LogP contribution in [0.25, 0.3) is 0 Å². The quantitative estimate of drug-likeness (QED) is 0.812. The van der Waals surface area contributed by atoms with Gasteiger partial charge in [0.1, 0.15) is 0 Å². The van der Waals surface area contributed by atoms with Gasteiger partial charge in [-0.3, -0.25) is 0 Å². The molecule has 0 radical (unpaired) electrons. The molecule has 1 aromatic carbocycles. The number of nitrogens with one attached hydrogen (secondary N) is 1. The third-order valence-corrected chi connectivity index (χ3v) is 4.11. The van der Waals surface area contributed by atoms with Crippen LogP contribution in [-0.2, 0) is 6.54 Å². The Morgan fingerprint density at radius 1 is 1.32 bits per heavy atom. The minimum Gasteiger partial charge on any atom is -0.371 e. The van der Waals surface area contributed by atoms with Gasteiger partial charge in [0.05, 0.1) is 0 Å². The molecule has 1 saturated heterocycles. The van der Waals surface area contributed by atoms with Gasteiger partial charge in [-0.05, 0) is 55.0 Å². The lowest BCUT2D eigenvalue weighted by Gasteiger charge is -2.22. The molecule has 106 valence electrons. The van der Waals surface area contributed by atoms with E-state index in [2.05, 4.69) is 56.1 Å². The van der Waals surface area contributed by atoms with Gasteiger partial charge >= 0.3 is 0 Å². The first-order valence-corrected chi connectivity index (χ1v) is 7.57. The van der Waals surface area contributed by atoms with Crippen molar-refractivity contribution < 1.29 is 0 Å². The topological polar surface area (TPSA) is 15.3 Å². The van der Waals surface area contributed by atoms with Crippen LogP contribution >= 0.6 is 0 Å². The fourth-order valence-corrected chi connectivity index (χ4v) is 2.81. The zero-order valence-corrected chi connectivity index (χ0v) is 12.9. The molecule has 19 heavy (non-hydrogen) atoms. The van der Waals surface area contributed by atoms with Crippen LogP contribution in [0.15, 0.2) is 18.2 Å². The van der Waals surface area contributed by atoms with Crippen LogP contribution in [-0.4, -0.2) is 19.6 Å². The molecule has 1 fully saturated rings. The van der Waals surface area contributed by atoms with Gasteiger partial charge in [-0.1, -0.05) is 26.8 Å². The van der Waals surface area contributed by atoms with Crippen molar-refractivity contribution in [1.82, 2.24) is 5.32 Å². The number of hydrogen-bond acceptors (Lipinski definition) is 2. The Morgan fingerprint density at radius 3 is 2.68 bits per heavy atom. The summed E-state index contributed by atoms with van der Waals surface area (Å²) in [7, 11) is 0. The average molecular weight is 260 g/mol. The van der Waals surface area contributed by atoms with Crippen LogP contribution in [0.3, 0.4) is 0 Å². The van der Waals surface area contributed by atoms with Crippen LogP contribution < -0.4 is 10.2 Å². The summed E-state index contributed by atoms with van der Waals surface area (Å²) in [6, 6.07) is 6.93. The summed E-state index contributed by atoms with van der Waals surface area (Å²) < 4.78 is 0. The first-order chi connectivity index (χ1) is 9.02. The highest BCUT2D eigenvalue weighted by molar-refractivity contribution is 5.51. The van der Waals surface area contributed by atoms with Crippen molar-refractivity contribution in [3.63, 3.8) is 0 Å². The maximum atomic E-state index is 3.48. The van der Waals surface area contributed by atoms with Crippen LogP contribution in [0.4, 0.5) is 5.69 Å². The van der Waals surface area contributed by atoms with Crippen molar-refractivity contribution in [3.05, 3.63) is 29.3 Å². The third kappa shape index (κ3) is 3.73. The number of aryl methyl sites for hydroxylation is 1. The Hall–Kier alpha value is -1.02. The molecule has 1 aliphatic rings. The van der Waals surface area contributed by atoms with E-state index in [-0.39, 0.29) is 0 Å². The number of anilines is 1. The van der Waals surface area contributed by atoms with E-state index in [1.165, 1.54) is 42.7 Å². The summed E-state index contributed by atoms with van der Waals surface area (Å²) in [4.78, 5) is 2.52. The molecule has 0 spiro atoms. The van der Waals surface area contributed by atoms with Crippen molar-refractivity contribution in [1.29, 1.82) is 0 Å². The second kappa shape index (κ2) is 5.96. The van der Waals surface area contributed by atoms with Crippen molar-refractivity contribution in [3.8, 4) is 0 Å². The minimum atomic E-state index is 0.468. The Labute approximate surface area is 118 Å². The Morgan fingerprint density at radius 2 is 2.11 bits per heavy atom. The van der Waals surface area contributed by atoms with Crippen molar-refractivity contribution >= 4 is 5.69 Å². The highest BCUT2D eigenvalue weighted by atomic mass is 15.2. The van der Waals surface area contributed by atoms with E-state index in [9.17, 15) is 0 Å². The largest absolute Gasteiger partial charge is 0.371 e. The number of hydrogen-bond donors (Lipinski definition) is 1. The van der Waals surface area contributed by atoms with Gasteiger partial charge in [0.25, 0.3) is 0 Å². The molecule has 0 atom stereocenters. The second-order valence-corrected chi connectivity index (χ2v) is 6.62. The Bertz CT molecular complexity index is 423. The fraction of sp³-hybridized carbons (Fsp3) is 0.647. The average Bonchev–Trinajstić information content (AvgIpc) is 2.72. The number of benzene rings is 1. The van der Waals surface area contributed by atoms with E-state index < -0.39 is 0 Å². The maximum absolute atomic E-state index is 3.48. The lowest BCUT2D eigenvalue weighted by molar-refractivity contribution is 0.418. The molecule has 2 heteroatoms. The molecule has 1 aliphatic heterocycles. The van der Waals surface area contributed by atoms with E-state index >= 15 is 0 Å². The summed E-state index contributed by atoms with van der Waals surface area (Å²) in [5.74, 6) is 0. The van der Waals surface area contributed by atoms with Gasteiger partial charge in [0.2, 0.25) is 0 Å². The summed E-state index contributed by atoms with van der Waals surface area (Å²) >= 11 is 0. The summed E-state index contributed by atoms with van der Waals surface area (Å²) in [5, 5.41) is 3.48. The predicted molar refractivity (Wildman–Crippen MR) is 83.8 cm³/mol. The number of nitrogens with zero attached hydrogens (tertiary/aromatic N) is 1. The lowest BCUT2D eigenvalue weighted by atomic mass is 9.93. The standard InChI is InChI=1S/C17H28N2/c1-5-9-18-12-15-6-7-16(11-14(15)2)19-10-8-17(3,4)13-19/h6-7,11,18H,5,8-10,12-13H2,1-4H3. The predicted octanol–water partition coefficient (Wildman–Crippen LogP) is 3.73. The normalized spacial score (nSPS) is 18.0. The monoisotopic (exact) mass is 260 g/mol. The van der Waals surface area contributed by atoms with Crippen LogP contribution in [0.5, 0.6) is 0 Å². The van der Waals surface area contributed by atoms with E-state index in [0.29, 0.717) is 5.41 Å². The van der Waals surface area contributed by atoms with Crippen LogP contribution in [0.1, 0.15) is 44.7 Å². The Balaban J connectivity index is 2.02. The van der Waals surface area contributed by atoms with E-state index in [4.69, 9.17) is 0 Å². The zero-order valence-electron chi connectivity index (χ0n) is 12.9.